The van der Waals surface area contributed by atoms with Gasteiger partial charge in [0.2, 0.25) is 5.91 Å². The van der Waals surface area contributed by atoms with Crippen LogP contribution in [0.2, 0.25) is 0 Å². The fourth-order valence-electron chi connectivity index (χ4n) is 3.72. The van der Waals surface area contributed by atoms with Crippen molar-refractivity contribution in [1.29, 1.82) is 0 Å². The maximum Gasteiger partial charge on any atom is 0.286 e. The van der Waals surface area contributed by atoms with Gasteiger partial charge < -0.3 is 15.6 Å². The van der Waals surface area contributed by atoms with Crippen LogP contribution in [0.25, 0.3) is 10.9 Å². The van der Waals surface area contributed by atoms with Crippen molar-refractivity contribution >= 4 is 38.4 Å². The fraction of sp³-hybridized carbons (Fsp3) is 0.273. The number of amides is 1. The number of fused-ring (bicyclic) bond motifs is 2. The lowest BCUT2D eigenvalue weighted by Crippen LogP contribution is -2.29. The van der Waals surface area contributed by atoms with Crippen LogP contribution in [0.4, 0.5) is 5.69 Å². The smallest absolute Gasteiger partial charge is 0.286 e. The molecule has 30 heavy (non-hydrogen) atoms. The van der Waals surface area contributed by atoms with Crippen LogP contribution in [0.15, 0.2) is 64.0 Å². The molecule has 2 heterocycles. The van der Waals surface area contributed by atoms with Gasteiger partial charge in [0.1, 0.15) is 10.7 Å². The average Bonchev–Trinajstić information content (AvgIpc) is 3.10. The number of hydrogen-bond acceptors (Lipinski definition) is 4. The Kier molecular flexibility index (Phi) is 5.59. The van der Waals surface area contributed by atoms with E-state index in [0.29, 0.717) is 30.9 Å². The molecule has 3 aromatic rings. The quantitative estimate of drug-likeness (QED) is 0.540. The lowest BCUT2D eigenvalue weighted by atomic mass is 10.0. The lowest BCUT2D eigenvalue weighted by molar-refractivity contribution is -0.121. The lowest BCUT2D eigenvalue weighted by Gasteiger charge is -2.20. The molecule has 0 bridgehead atoms. The van der Waals surface area contributed by atoms with Crippen molar-refractivity contribution in [3.05, 3.63) is 60.3 Å². The van der Waals surface area contributed by atoms with Gasteiger partial charge in [0, 0.05) is 36.5 Å². The van der Waals surface area contributed by atoms with Crippen LogP contribution in [0.5, 0.6) is 0 Å². The van der Waals surface area contributed by atoms with Gasteiger partial charge in [-0.1, -0.05) is 37.3 Å². The van der Waals surface area contributed by atoms with Crippen molar-refractivity contribution in [3.63, 3.8) is 0 Å². The zero-order valence-corrected chi connectivity index (χ0v) is 17.5. The number of carbonyl (C=O) groups is 1. The summed E-state index contributed by atoms with van der Waals surface area (Å²) in [5.41, 5.74) is 2.78. The first kappa shape index (κ1) is 20.2. The van der Waals surface area contributed by atoms with E-state index in [-0.39, 0.29) is 16.7 Å². The summed E-state index contributed by atoms with van der Waals surface area (Å²) in [6.07, 6.45) is 3.40. The van der Waals surface area contributed by atoms with Gasteiger partial charge in [0.15, 0.2) is 0 Å². The molecule has 7 nitrogen and oxygen atoms in total. The van der Waals surface area contributed by atoms with Crippen LogP contribution >= 0.6 is 0 Å². The van der Waals surface area contributed by atoms with E-state index in [1.54, 1.807) is 18.2 Å². The first-order valence-electron chi connectivity index (χ1n) is 9.94. The van der Waals surface area contributed by atoms with Gasteiger partial charge in [-0.15, -0.1) is 4.40 Å². The minimum absolute atomic E-state index is 0.0511. The maximum absolute atomic E-state index is 12.3. The Balaban J connectivity index is 1.28. The van der Waals surface area contributed by atoms with Crippen molar-refractivity contribution < 1.29 is 13.2 Å². The Bertz CT molecular complexity index is 1210. The molecule has 1 aliphatic heterocycles. The van der Waals surface area contributed by atoms with Gasteiger partial charge in [-0.25, -0.2) is 0 Å². The Labute approximate surface area is 175 Å². The van der Waals surface area contributed by atoms with Crippen LogP contribution in [0, 0.1) is 5.92 Å². The summed E-state index contributed by atoms with van der Waals surface area (Å²) in [5, 5.41) is 7.19. The molecule has 1 amide bonds. The molecular weight excluding hydrogens is 400 g/mol. The number of rotatable bonds is 7. The van der Waals surface area contributed by atoms with Crippen LogP contribution in [0.1, 0.15) is 25.3 Å². The summed E-state index contributed by atoms with van der Waals surface area (Å²) in [6.45, 7) is 2.46. The van der Waals surface area contributed by atoms with E-state index < -0.39 is 10.0 Å². The van der Waals surface area contributed by atoms with Gasteiger partial charge in [-0.2, -0.15) is 8.42 Å². The first-order valence-corrected chi connectivity index (χ1v) is 11.4. The third-order valence-electron chi connectivity index (χ3n) is 5.14. The summed E-state index contributed by atoms with van der Waals surface area (Å²) in [4.78, 5) is 15.7. The van der Waals surface area contributed by atoms with E-state index >= 15 is 0 Å². The summed E-state index contributed by atoms with van der Waals surface area (Å²) in [6, 6.07) is 14.8. The molecule has 0 aliphatic carbocycles. The molecule has 3 N–H and O–H groups in total. The second kappa shape index (κ2) is 8.31. The van der Waals surface area contributed by atoms with E-state index in [9.17, 15) is 13.2 Å². The monoisotopic (exact) mass is 424 g/mol. The number of amidine groups is 1. The third kappa shape index (κ3) is 4.38. The number of H-pyrrole nitrogens is 1. The minimum atomic E-state index is -3.70. The second-order valence-electron chi connectivity index (χ2n) is 7.61. The van der Waals surface area contributed by atoms with E-state index in [0.717, 1.165) is 11.9 Å². The largest absolute Gasteiger partial charge is 0.361 e. The van der Waals surface area contributed by atoms with Crippen LogP contribution < -0.4 is 10.6 Å². The average molecular weight is 425 g/mol. The van der Waals surface area contributed by atoms with Gasteiger partial charge in [0.05, 0.1) is 5.69 Å². The third-order valence-corrected chi connectivity index (χ3v) is 6.51. The number of benzene rings is 2. The molecule has 0 fully saturated rings. The Hall–Kier alpha value is -3.13. The highest BCUT2D eigenvalue weighted by molar-refractivity contribution is 7.90. The number of aromatic amines is 1. The predicted molar refractivity (Wildman–Crippen MR) is 118 cm³/mol. The van der Waals surface area contributed by atoms with E-state index in [1.165, 1.54) is 17.0 Å². The van der Waals surface area contributed by atoms with E-state index in [2.05, 4.69) is 26.1 Å². The van der Waals surface area contributed by atoms with Gasteiger partial charge in [-0.3, -0.25) is 4.79 Å². The molecule has 0 saturated heterocycles. The summed E-state index contributed by atoms with van der Waals surface area (Å²) in [5.74, 6) is 0.264. The number of nitrogens with one attached hydrogen (secondary N) is 3. The second-order valence-corrected chi connectivity index (χ2v) is 9.18. The van der Waals surface area contributed by atoms with Crippen LogP contribution in [-0.2, 0) is 21.2 Å². The minimum Gasteiger partial charge on any atom is -0.361 e. The number of para-hydroxylation sites is 2. The zero-order valence-electron chi connectivity index (χ0n) is 16.7. The number of hydrogen-bond donors (Lipinski definition) is 3. The zero-order chi connectivity index (χ0) is 21.1. The van der Waals surface area contributed by atoms with Crippen molar-refractivity contribution in [3.8, 4) is 0 Å². The highest BCUT2D eigenvalue weighted by Gasteiger charge is 2.25. The van der Waals surface area contributed by atoms with Crippen LogP contribution in [0.3, 0.4) is 0 Å². The first-order chi connectivity index (χ1) is 14.4. The highest BCUT2D eigenvalue weighted by atomic mass is 32.2. The van der Waals surface area contributed by atoms with E-state index in [1.807, 2.05) is 31.3 Å². The highest BCUT2D eigenvalue weighted by Crippen LogP contribution is 2.28. The number of carbonyl (C=O) groups excluding carboxylic acids is 1. The Morgan fingerprint density at radius 3 is 2.77 bits per heavy atom. The molecule has 0 saturated carbocycles. The predicted octanol–water partition coefficient (Wildman–Crippen LogP) is 3.46. The molecule has 0 radical (unpaired) electrons. The standard InChI is InChI=1S/C22H24N4O3S/c1-15(12-21-25-19-8-4-5-9-20(19)30(28,29)26-21)13-22(27)23-11-10-16-14-24-18-7-3-2-6-17(16)18/h2-9,14-15,24H,10-13H2,1H3,(H,23,27)(H,25,26). The van der Waals surface area contributed by atoms with Crippen molar-refractivity contribution in [2.24, 2.45) is 10.3 Å². The summed E-state index contributed by atoms with van der Waals surface area (Å²) < 4.78 is 28.5. The Morgan fingerprint density at radius 2 is 1.90 bits per heavy atom. The normalized spacial score (nSPS) is 15.7. The molecule has 4 rings (SSSR count). The molecule has 156 valence electrons. The molecule has 0 spiro atoms. The molecule has 1 unspecified atom stereocenters. The maximum atomic E-state index is 12.3. The molecule has 1 aliphatic rings. The summed E-state index contributed by atoms with van der Waals surface area (Å²) >= 11 is 0. The van der Waals surface area contributed by atoms with Crippen molar-refractivity contribution in [1.82, 2.24) is 10.3 Å². The van der Waals surface area contributed by atoms with Gasteiger partial charge in [0.25, 0.3) is 10.0 Å². The topological polar surface area (TPSA) is 103 Å². The number of anilines is 1. The molecule has 1 aromatic heterocycles. The van der Waals surface area contributed by atoms with Crippen LogP contribution in [-0.4, -0.2) is 31.7 Å². The van der Waals surface area contributed by atoms with Gasteiger partial charge >= 0.3 is 0 Å². The number of nitrogens with zero attached hydrogens (tertiary/aromatic N) is 1. The number of sulfonamides is 1. The summed E-state index contributed by atoms with van der Waals surface area (Å²) in [7, 11) is -3.70. The Morgan fingerprint density at radius 1 is 1.13 bits per heavy atom. The van der Waals surface area contributed by atoms with E-state index in [4.69, 9.17) is 0 Å². The number of aromatic nitrogens is 1. The molecule has 2 aromatic carbocycles. The van der Waals surface area contributed by atoms with Crippen molar-refractivity contribution in [2.45, 2.75) is 31.1 Å². The fourth-order valence-corrected chi connectivity index (χ4v) is 4.88. The molecular formula is C22H24N4O3S. The van der Waals surface area contributed by atoms with Gasteiger partial charge in [-0.05, 0) is 36.1 Å². The van der Waals surface area contributed by atoms with Crippen molar-refractivity contribution in [2.75, 3.05) is 11.9 Å². The molecule has 8 heteroatoms. The SMILES string of the molecule is CC(CC(=O)NCCc1c[nH]c2ccccc12)CC1=NS(=O)(=O)c2ccccc2N1. The molecule has 1 atom stereocenters.